The lowest BCUT2D eigenvalue weighted by Crippen LogP contribution is -2.52. The molecule has 33 heavy (non-hydrogen) atoms. The Morgan fingerprint density at radius 3 is 2.27 bits per heavy atom. The molecule has 0 saturated heterocycles. The van der Waals surface area contributed by atoms with Crippen molar-refractivity contribution in [2.24, 2.45) is 0 Å². The molecule has 1 aliphatic heterocycles. The predicted octanol–water partition coefficient (Wildman–Crippen LogP) is 5.62. The van der Waals surface area contributed by atoms with Crippen molar-refractivity contribution in [2.45, 2.75) is 25.8 Å². The Morgan fingerprint density at radius 2 is 1.61 bits per heavy atom. The van der Waals surface area contributed by atoms with Crippen LogP contribution in [0.15, 0.2) is 72.8 Å². The van der Waals surface area contributed by atoms with Gasteiger partial charge in [0, 0.05) is 22.3 Å². The third kappa shape index (κ3) is 5.32. The summed E-state index contributed by atoms with van der Waals surface area (Å²) in [6.07, 6.45) is 0.878. The highest BCUT2D eigenvalue weighted by Gasteiger charge is 2.34. The van der Waals surface area contributed by atoms with E-state index in [1.54, 1.807) is 23.1 Å². The van der Waals surface area contributed by atoms with E-state index in [-0.39, 0.29) is 18.2 Å². The first-order valence-electron chi connectivity index (χ1n) is 10.9. The summed E-state index contributed by atoms with van der Waals surface area (Å²) in [5.41, 5.74) is 3.42. The highest BCUT2D eigenvalue weighted by atomic mass is 35.5. The van der Waals surface area contributed by atoms with Crippen LogP contribution in [0.2, 0.25) is 10.0 Å². The molecule has 1 heterocycles. The zero-order chi connectivity index (χ0) is 23.4. The van der Waals surface area contributed by atoms with Crippen molar-refractivity contribution >= 4 is 52.1 Å². The molecule has 0 aromatic heterocycles. The molecular weight excluding hydrogens is 457 g/mol. The Kier molecular flexibility index (Phi) is 7.21. The van der Waals surface area contributed by atoms with E-state index in [4.69, 9.17) is 23.2 Å². The van der Waals surface area contributed by atoms with Crippen LogP contribution in [0, 0.1) is 0 Å². The molecule has 1 unspecified atom stereocenters. The second kappa shape index (κ2) is 10.3. The van der Waals surface area contributed by atoms with Gasteiger partial charge in [0.2, 0.25) is 5.91 Å². The highest BCUT2D eigenvalue weighted by molar-refractivity contribution is 6.34. The zero-order valence-electron chi connectivity index (χ0n) is 18.3. The van der Waals surface area contributed by atoms with Crippen molar-refractivity contribution in [3.8, 4) is 0 Å². The fourth-order valence-corrected chi connectivity index (χ4v) is 4.72. The Morgan fingerprint density at radius 1 is 0.970 bits per heavy atom. The number of rotatable bonds is 6. The highest BCUT2D eigenvalue weighted by Crippen LogP contribution is 2.37. The molecule has 1 N–H and O–H groups in total. The molecule has 0 saturated carbocycles. The number of fused-ring (bicyclic) bond motifs is 1. The zero-order valence-corrected chi connectivity index (χ0v) is 19.8. The van der Waals surface area contributed by atoms with E-state index in [0.29, 0.717) is 28.7 Å². The van der Waals surface area contributed by atoms with E-state index in [1.165, 1.54) is 0 Å². The Bertz CT molecular complexity index is 1130. The predicted molar refractivity (Wildman–Crippen MR) is 135 cm³/mol. The fraction of sp³-hybridized carbons (Fsp3) is 0.231. The summed E-state index contributed by atoms with van der Waals surface area (Å²) in [4.78, 5) is 30.4. The number of nitrogens with zero attached hydrogens (tertiary/aromatic N) is 2. The minimum Gasteiger partial charge on any atom is -0.342 e. The van der Waals surface area contributed by atoms with Gasteiger partial charge in [0.1, 0.15) is 6.04 Å². The van der Waals surface area contributed by atoms with Crippen LogP contribution in [0.3, 0.4) is 0 Å². The molecule has 1 aliphatic rings. The first-order valence-corrected chi connectivity index (χ1v) is 11.7. The molecule has 0 fully saturated rings. The molecule has 1 atom stereocenters. The van der Waals surface area contributed by atoms with Gasteiger partial charge in [0.25, 0.3) is 5.91 Å². The van der Waals surface area contributed by atoms with E-state index in [2.05, 4.69) is 10.2 Å². The average molecular weight is 482 g/mol. The van der Waals surface area contributed by atoms with Crippen LogP contribution < -0.4 is 15.1 Å². The van der Waals surface area contributed by atoms with Crippen LogP contribution in [0.5, 0.6) is 0 Å². The van der Waals surface area contributed by atoms with E-state index in [9.17, 15) is 9.59 Å². The summed E-state index contributed by atoms with van der Waals surface area (Å²) >= 11 is 12.2. The van der Waals surface area contributed by atoms with Crippen molar-refractivity contribution in [3.05, 3.63) is 88.4 Å². The number of halogens is 2. The van der Waals surface area contributed by atoms with Crippen molar-refractivity contribution in [1.82, 2.24) is 5.32 Å². The maximum Gasteiger partial charge on any atom is 0.251 e. The Hall–Kier alpha value is -3.02. The Balaban J connectivity index is 1.66. The van der Waals surface area contributed by atoms with Crippen molar-refractivity contribution in [1.29, 1.82) is 0 Å². The van der Waals surface area contributed by atoms with Crippen LogP contribution in [0.25, 0.3) is 0 Å². The number of nitrogens with one attached hydrogen (secondary N) is 1. The summed E-state index contributed by atoms with van der Waals surface area (Å²) in [7, 11) is 0. The van der Waals surface area contributed by atoms with Gasteiger partial charge < -0.3 is 15.1 Å². The number of hydrogen-bond donors (Lipinski definition) is 1. The molecule has 5 nitrogen and oxygen atoms in total. The van der Waals surface area contributed by atoms with Crippen LogP contribution in [-0.2, 0) is 16.0 Å². The largest absolute Gasteiger partial charge is 0.342 e. The van der Waals surface area contributed by atoms with Crippen molar-refractivity contribution in [2.75, 3.05) is 22.9 Å². The van der Waals surface area contributed by atoms with Gasteiger partial charge in [-0.25, -0.2) is 0 Å². The van der Waals surface area contributed by atoms with Crippen LogP contribution in [0.4, 0.5) is 17.1 Å². The smallest absolute Gasteiger partial charge is 0.251 e. The molecule has 2 amide bonds. The second-order valence-corrected chi connectivity index (χ2v) is 8.87. The standard InChI is InChI=1S/C26H25Cl2N3O2/c1-2-12-30-23-10-6-7-11-24(23)31(21-8-4-3-5-9-21)17-22(26(30)33)29-25(32)15-18-13-19(27)16-20(28)14-18/h3-11,13-14,16,22H,2,12,15,17H2,1H3,(H,29,32). The average Bonchev–Trinajstić information content (AvgIpc) is 2.90. The molecule has 3 aromatic rings. The normalized spacial score (nSPS) is 15.7. The van der Waals surface area contributed by atoms with E-state index in [0.717, 1.165) is 23.5 Å². The van der Waals surface area contributed by atoms with Crippen molar-refractivity contribution in [3.63, 3.8) is 0 Å². The van der Waals surface area contributed by atoms with Gasteiger partial charge in [0.15, 0.2) is 0 Å². The van der Waals surface area contributed by atoms with E-state index < -0.39 is 6.04 Å². The Labute approximate surface area is 203 Å². The number of carbonyl (C=O) groups is 2. The summed E-state index contributed by atoms with van der Waals surface area (Å²) < 4.78 is 0. The first-order chi connectivity index (χ1) is 16.0. The molecule has 0 bridgehead atoms. The summed E-state index contributed by atoms with van der Waals surface area (Å²) in [6, 6.07) is 22.1. The van der Waals surface area contributed by atoms with Gasteiger partial charge in [-0.05, 0) is 54.4 Å². The third-order valence-electron chi connectivity index (χ3n) is 5.53. The number of para-hydroxylation sites is 3. The van der Waals surface area contributed by atoms with Gasteiger partial charge >= 0.3 is 0 Å². The molecular formula is C26H25Cl2N3O2. The fourth-order valence-electron chi connectivity index (χ4n) is 4.14. The lowest BCUT2D eigenvalue weighted by atomic mass is 10.1. The summed E-state index contributed by atoms with van der Waals surface area (Å²) in [5, 5.41) is 3.90. The molecule has 170 valence electrons. The lowest BCUT2D eigenvalue weighted by Gasteiger charge is -2.27. The van der Waals surface area contributed by atoms with Crippen LogP contribution >= 0.6 is 23.2 Å². The number of carbonyl (C=O) groups excluding carboxylic acids is 2. The minimum absolute atomic E-state index is 0.0795. The van der Waals surface area contributed by atoms with Crippen LogP contribution in [0.1, 0.15) is 18.9 Å². The topological polar surface area (TPSA) is 52.7 Å². The van der Waals surface area contributed by atoms with E-state index in [1.807, 2.05) is 61.5 Å². The van der Waals surface area contributed by atoms with Gasteiger partial charge in [-0.1, -0.05) is 60.5 Å². The maximum atomic E-state index is 13.6. The SMILES string of the molecule is CCCN1C(=O)C(NC(=O)Cc2cc(Cl)cc(Cl)c2)CN(c2ccccc2)c2ccccc21. The van der Waals surface area contributed by atoms with Gasteiger partial charge in [0.05, 0.1) is 24.3 Å². The molecule has 3 aromatic carbocycles. The number of benzene rings is 3. The number of hydrogen-bond acceptors (Lipinski definition) is 3. The monoisotopic (exact) mass is 481 g/mol. The van der Waals surface area contributed by atoms with Crippen molar-refractivity contribution < 1.29 is 9.59 Å². The quantitative estimate of drug-likeness (QED) is 0.497. The minimum atomic E-state index is -0.716. The molecule has 0 aliphatic carbocycles. The van der Waals surface area contributed by atoms with Gasteiger partial charge in [-0.15, -0.1) is 0 Å². The van der Waals surface area contributed by atoms with Crippen LogP contribution in [-0.4, -0.2) is 30.9 Å². The molecule has 7 heteroatoms. The molecule has 4 rings (SSSR count). The molecule has 0 radical (unpaired) electrons. The summed E-state index contributed by atoms with van der Waals surface area (Å²) in [5.74, 6) is -0.387. The number of amides is 2. The third-order valence-corrected chi connectivity index (χ3v) is 5.97. The van der Waals surface area contributed by atoms with E-state index >= 15 is 0 Å². The molecule has 0 spiro atoms. The second-order valence-electron chi connectivity index (χ2n) is 8.00. The summed E-state index contributed by atoms with van der Waals surface area (Å²) in [6.45, 7) is 2.92. The van der Waals surface area contributed by atoms with Gasteiger partial charge in [-0.3, -0.25) is 9.59 Å². The number of anilines is 3. The maximum absolute atomic E-state index is 13.6. The van der Waals surface area contributed by atoms with Gasteiger partial charge in [-0.2, -0.15) is 0 Å². The first kappa shape index (κ1) is 23.1. The lowest BCUT2D eigenvalue weighted by molar-refractivity contribution is -0.127.